The van der Waals surface area contributed by atoms with E-state index in [0.29, 0.717) is 12.5 Å². The van der Waals surface area contributed by atoms with Gasteiger partial charge in [0.1, 0.15) is 5.60 Å². The lowest BCUT2D eigenvalue weighted by molar-refractivity contribution is 0.0111. The SMILES string of the molecule is C[C@@H]1C[C@@H](n2cc3ccc(Br)cc3n2)CN(C(=O)OC(C)(C)C)C1. The van der Waals surface area contributed by atoms with Crippen LogP contribution in [0, 0.1) is 5.92 Å². The van der Waals surface area contributed by atoms with Gasteiger partial charge in [-0.2, -0.15) is 5.10 Å². The van der Waals surface area contributed by atoms with Crippen LogP contribution in [0.25, 0.3) is 10.9 Å². The van der Waals surface area contributed by atoms with E-state index in [1.807, 2.05) is 42.5 Å². The number of nitrogens with zero attached hydrogens (tertiary/aromatic N) is 3. The van der Waals surface area contributed by atoms with Gasteiger partial charge in [0.25, 0.3) is 0 Å². The number of likely N-dealkylation sites (tertiary alicyclic amines) is 1. The van der Waals surface area contributed by atoms with Gasteiger partial charge in [0, 0.05) is 29.1 Å². The second kappa shape index (κ2) is 6.39. The first kappa shape index (κ1) is 17.3. The molecule has 0 bridgehead atoms. The Kier molecular flexibility index (Phi) is 4.60. The molecule has 0 radical (unpaired) electrons. The number of amides is 1. The number of carbonyl (C=O) groups is 1. The van der Waals surface area contributed by atoms with Crippen molar-refractivity contribution in [2.24, 2.45) is 5.92 Å². The van der Waals surface area contributed by atoms with Crippen LogP contribution in [0.5, 0.6) is 0 Å². The molecule has 2 atom stereocenters. The van der Waals surface area contributed by atoms with Gasteiger partial charge >= 0.3 is 6.09 Å². The lowest BCUT2D eigenvalue weighted by Crippen LogP contribution is -2.46. The van der Waals surface area contributed by atoms with Crippen LogP contribution < -0.4 is 0 Å². The fraction of sp³-hybridized carbons (Fsp3) is 0.556. The van der Waals surface area contributed by atoms with E-state index in [-0.39, 0.29) is 12.1 Å². The van der Waals surface area contributed by atoms with Crippen molar-refractivity contribution in [3.8, 4) is 0 Å². The van der Waals surface area contributed by atoms with Crippen LogP contribution in [0.3, 0.4) is 0 Å². The maximum absolute atomic E-state index is 12.4. The molecule has 2 heterocycles. The Morgan fingerprint density at radius 1 is 1.33 bits per heavy atom. The molecular formula is C18H24BrN3O2. The van der Waals surface area contributed by atoms with Gasteiger partial charge in [0.05, 0.1) is 11.6 Å². The van der Waals surface area contributed by atoms with Crippen molar-refractivity contribution in [2.45, 2.75) is 45.8 Å². The molecule has 2 aromatic rings. The lowest BCUT2D eigenvalue weighted by Gasteiger charge is -2.37. The first-order chi connectivity index (χ1) is 11.2. The maximum atomic E-state index is 12.4. The summed E-state index contributed by atoms with van der Waals surface area (Å²) in [6.45, 7) is 9.23. The van der Waals surface area contributed by atoms with Crippen LogP contribution in [-0.2, 0) is 4.74 Å². The Bertz CT molecular complexity index is 750. The number of carbonyl (C=O) groups excluding carboxylic acids is 1. The van der Waals surface area contributed by atoms with E-state index >= 15 is 0 Å². The minimum Gasteiger partial charge on any atom is -0.444 e. The van der Waals surface area contributed by atoms with Gasteiger partial charge < -0.3 is 9.64 Å². The summed E-state index contributed by atoms with van der Waals surface area (Å²) in [5.41, 5.74) is 0.492. The molecule has 24 heavy (non-hydrogen) atoms. The van der Waals surface area contributed by atoms with E-state index in [9.17, 15) is 4.79 Å². The average molecular weight is 394 g/mol. The molecule has 0 unspecified atom stereocenters. The molecule has 3 rings (SSSR count). The van der Waals surface area contributed by atoms with Crippen LogP contribution in [-0.4, -0.2) is 39.5 Å². The van der Waals surface area contributed by atoms with Crippen molar-refractivity contribution in [3.63, 3.8) is 0 Å². The van der Waals surface area contributed by atoms with E-state index in [1.165, 1.54) is 0 Å². The fourth-order valence-electron chi connectivity index (χ4n) is 3.18. The zero-order valence-electron chi connectivity index (χ0n) is 14.6. The van der Waals surface area contributed by atoms with Crippen molar-refractivity contribution in [3.05, 3.63) is 28.9 Å². The second-order valence-electron chi connectivity index (χ2n) is 7.69. The lowest BCUT2D eigenvalue weighted by atomic mass is 9.96. The first-order valence-corrected chi connectivity index (χ1v) is 9.13. The molecule has 1 saturated heterocycles. The number of hydrogen-bond acceptors (Lipinski definition) is 3. The zero-order chi connectivity index (χ0) is 17.5. The van der Waals surface area contributed by atoms with Gasteiger partial charge in [-0.05, 0) is 45.2 Å². The number of ether oxygens (including phenoxy) is 1. The van der Waals surface area contributed by atoms with Gasteiger partial charge in [0.2, 0.25) is 0 Å². The predicted molar refractivity (Wildman–Crippen MR) is 98.1 cm³/mol. The molecule has 1 aliphatic rings. The Hall–Kier alpha value is -1.56. The summed E-state index contributed by atoms with van der Waals surface area (Å²) in [6, 6.07) is 6.27. The number of aromatic nitrogens is 2. The zero-order valence-corrected chi connectivity index (χ0v) is 16.2. The van der Waals surface area contributed by atoms with E-state index in [0.717, 1.165) is 28.3 Å². The third kappa shape index (κ3) is 3.91. The largest absolute Gasteiger partial charge is 0.444 e. The molecule has 1 aliphatic heterocycles. The maximum Gasteiger partial charge on any atom is 0.410 e. The molecular weight excluding hydrogens is 370 g/mol. The fourth-order valence-corrected chi connectivity index (χ4v) is 3.53. The number of benzene rings is 1. The minimum absolute atomic E-state index is 0.174. The summed E-state index contributed by atoms with van der Waals surface area (Å²) in [5, 5.41) is 5.82. The number of hydrogen-bond donors (Lipinski definition) is 0. The number of halogens is 1. The summed E-state index contributed by atoms with van der Waals surface area (Å²) in [7, 11) is 0. The van der Waals surface area contributed by atoms with Crippen LogP contribution in [0.2, 0.25) is 0 Å². The topological polar surface area (TPSA) is 47.4 Å². The summed E-state index contributed by atoms with van der Waals surface area (Å²) in [6.07, 6.45) is 2.84. The van der Waals surface area contributed by atoms with Crippen molar-refractivity contribution >= 4 is 32.9 Å². The first-order valence-electron chi connectivity index (χ1n) is 8.33. The Morgan fingerprint density at radius 3 is 2.79 bits per heavy atom. The van der Waals surface area contributed by atoms with Crippen LogP contribution >= 0.6 is 15.9 Å². The summed E-state index contributed by atoms with van der Waals surface area (Å²) in [4.78, 5) is 14.2. The van der Waals surface area contributed by atoms with Gasteiger partial charge in [-0.3, -0.25) is 4.68 Å². The standard InChI is InChI=1S/C18H24BrN3O2/c1-12-7-15(11-21(9-12)17(23)24-18(2,3)4)22-10-13-5-6-14(19)8-16(13)20-22/h5-6,8,10,12,15H,7,9,11H2,1-4H3/t12-,15-/m1/s1. The molecule has 5 nitrogen and oxygen atoms in total. The highest BCUT2D eigenvalue weighted by molar-refractivity contribution is 9.10. The van der Waals surface area contributed by atoms with E-state index in [1.54, 1.807) is 0 Å². The van der Waals surface area contributed by atoms with Crippen molar-refractivity contribution in [1.29, 1.82) is 0 Å². The third-order valence-corrected chi connectivity index (χ3v) is 4.64. The summed E-state index contributed by atoms with van der Waals surface area (Å²) < 4.78 is 8.56. The monoisotopic (exact) mass is 393 g/mol. The highest BCUT2D eigenvalue weighted by Gasteiger charge is 2.32. The van der Waals surface area contributed by atoms with Crippen LogP contribution in [0.15, 0.2) is 28.9 Å². The van der Waals surface area contributed by atoms with Crippen molar-refractivity contribution in [1.82, 2.24) is 14.7 Å². The van der Waals surface area contributed by atoms with Crippen molar-refractivity contribution in [2.75, 3.05) is 13.1 Å². The van der Waals surface area contributed by atoms with E-state index in [4.69, 9.17) is 9.84 Å². The molecule has 130 valence electrons. The Morgan fingerprint density at radius 2 is 2.08 bits per heavy atom. The molecule has 1 aromatic carbocycles. The van der Waals surface area contributed by atoms with Gasteiger partial charge in [-0.25, -0.2) is 4.79 Å². The molecule has 0 aliphatic carbocycles. The molecule has 1 fully saturated rings. The quantitative estimate of drug-likeness (QED) is 0.709. The number of piperidine rings is 1. The second-order valence-corrected chi connectivity index (χ2v) is 8.61. The number of fused-ring (bicyclic) bond motifs is 1. The molecule has 0 spiro atoms. The van der Waals surface area contributed by atoms with Crippen LogP contribution in [0.4, 0.5) is 4.79 Å². The highest BCUT2D eigenvalue weighted by atomic mass is 79.9. The Balaban J connectivity index is 1.80. The minimum atomic E-state index is -0.472. The predicted octanol–water partition coefficient (Wildman–Crippen LogP) is 4.62. The van der Waals surface area contributed by atoms with Gasteiger partial charge in [-0.15, -0.1) is 0 Å². The Labute approximate surface area is 151 Å². The van der Waals surface area contributed by atoms with E-state index in [2.05, 4.69) is 35.1 Å². The molecule has 1 aromatic heterocycles. The van der Waals surface area contributed by atoms with Crippen LogP contribution in [0.1, 0.15) is 40.2 Å². The molecule has 1 amide bonds. The average Bonchev–Trinajstić information content (AvgIpc) is 2.87. The van der Waals surface area contributed by atoms with Crippen molar-refractivity contribution < 1.29 is 9.53 Å². The molecule has 6 heteroatoms. The normalized spacial score (nSPS) is 22.0. The summed E-state index contributed by atoms with van der Waals surface area (Å²) in [5.74, 6) is 0.412. The van der Waals surface area contributed by atoms with Gasteiger partial charge in [0.15, 0.2) is 0 Å². The molecule has 0 saturated carbocycles. The molecule has 0 N–H and O–H groups in total. The summed E-state index contributed by atoms with van der Waals surface area (Å²) >= 11 is 3.49. The smallest absolute Gasteiger partial charge is 0.410 e. The van der Waals surface area contributed by atoms with E-state index < -0.39 is 5.60 Å². The number of rotatable bonds is 1. The highest BCUT2D eigenvalue weighted by Crippen LogP contribution is 2.28. The van der Waals surface area contributed by atoms with Gasteiger partial charge in [-0.1, -0.05) is 28.9 Å². The third-order valence-electron chi connectivity index (χ3n) is 4.15.